The molecule has 0 aliphatic heterocycles. The molecule has 4 aromatic rings. The summed E-state index contributed by atoms with van der Waals surface area (Å²) in [6, 6.07) is 25.1. The van der Waals surface area contributed by atoms with Crippen molar-refractivity contribution in [1.29, 1.82) is 0 Å². The number of amides is 2. The van der Waals surface area contributed by atoms with Crippen LogP contribution < -0.4 is 5.32 Å². The molecule has 0 unspecified atom stereocenters. The Morgan fingerprint density at radius 3 is 2.25 bits per heavy atom. The van der Waals surface area contributed by atoms with Gasteiger partial charge in [-0.25, -0.2) is 9.97 Å². The minimum atomic E-state index is -0.288. The van der Waals surface area contributed by atoms with Crippen molar-refractivity contribution in [3.8, 4) is 11.1 Å². The fraction of sp³-hybridized carbons (Fsp3) is 0.154. The highest BCUT2D eigenvalue weighted by molar-refractivity contribution is 5.96. The van der Waals surface area contributed by atoms with Gasteiger partial charge in [-0.15, -0.1) is 0 Å². The Hall–Kier alpha value is -4.06. The van der Waals surface area contributed by atoms with E-state index in [1.165, 1.54) is 4.90 Å². The van der Waals surface area contributed by atoms with Gasteiger partial charge in [0.2, 0.25) is 5.91 Å². The normalized spacial score (nSPS) is 10.7. The number of para-hydroxylation sites is 1. The van der Waals surface area contributed by atoms with Gasteiger partial charge >= 0.3 is 0 Å². The van der Waals surface area contributed by atoms with E-state index in [1.54, 1.807) is 19.2 Å². The third-order valence-electron chi connectivity index (χ3n) is 5.30. The van der Waals surface area contributed by atoms with Gasteiger partial charge in [0.25, 0.3) is 5.91 Å². The molecule has 0 aliphatic carbocycles. The Kier molecular flexibility index (Phi) is 6.22. The van der Waals surface area contributed by atoms with E-state index in [9.17, 15) is 9.59 Å². The minimum absolute atomic E-state index is 0.0949. The third-order valence-corrected chi connectivity index (χ3v) is 5.30. The van der Waals surface area contributed by atoms with Crippen LogP contribution in [0.5, 0.6) is 0 Å². The average Bonchev–Trinajstić information content (AvgIpc) is 2.83. The van der Waals surface area contributed by atoms with Crippen LogP contribution in [0.2, 0.25) is 0 Å². The molecular formula is C26H24N4O2. The molecule has 160 valence electrons. The maximum absolute atomic E-state index is 12.5. The molecule has 4 rings (SSSR count). The molecule has 0 saturated heterocycles. The molecule has 1 heterocycles. The van der Waals surface area contributed by atoms with Crippen LogP contribution in [0.15, 0.2) is 78.9 Å². The van der Waals surface area contributed by atoms with Crippen molar-refractivity contribution in [2.24, 2.45) is 0 Å². The average molecular weight is 425 g/mol. The Morgan fingerprint density at radius 1 is 0.844 bits per heavy atom. The Balaban J connectivity index is 1.34. The van der Waals surface area contributed by atoms with Crippen LogP contribution in [0.3, 0.4) is 0 Å². The molecule has 1 aromatic heterocycles. The molecule has 0 saturated carbocycles. The van der Waals surface area contributed by atoms with Crippen LogP contribution in [0.25, 0.3) is 22.0 Å². The molecule has 2 amide bonds. The van der Waals surface area contributed by atoms with Crippen molar-refractivity contribution in [2.45, 2.75) is 13.5 Å². The number of benzene rings is 3. The fourth-order valence-corrected chi connectivity index (χ4v) is 3.50. The van der Waals surface area contributed by atoms with E-state index in [2.05, 4.69) is 15.3 Å². The second kappa shape index (κ2) is 9.39. The molecule has 0 fully saturated rings. The van der Waals surface area contributed by atoms with Crippen LogP contribution in [0, 0.1) is 6.92 Å². The van der Waals surface area contributed by atoms with Gasteiger partial charge in [-0.1, -0.05) is 60.7 Å². The highest BCUT2D eigenvalue weighted by Crippen LogP contribution is 2.19. The largest absolute Gasteiger partial charge is 0.343 e. The van der Waals surface area contributed by atoms with E-state index < -0.39 is 0 Å². The van der Waals surface area contributed by atoms with E-state index in [1.807, 2.05) is 73.7 Å². The number of hydrogen-bond donors (Lipinski definition) is 1. The van der Waals surface area contributed by atoms with Gasteiger partial charge < -0.3 is 10.2 Å². The number of hydrogen-bond acceptors (Lipinski definition) is 4. The van der Waals surface area contributed by atoms with Gasteiger partial charge in [0.15, 0.2) is 0 Å². The molecule has 0 radical (unpaired) electrons. The molecule has 0 atom stereocenters. The highest BCUT2D eigenvalue weighted by Gasteiger charge is 2.14. The first-order valence-corrected chi connectivity index (χ1v) is 10.4. The van der Waals surface area contributed by atoms with E-state index in [0.29, 0.717) is 11.4 Å². The summed E-state index contributed by atoms with van der Waals surface area (Å²) < 4.78 is 0. The summed E-state index contributed by atoms with van der Waals surface area (Å²) in [5.41, 5.74) is 4.35. The van der Waals surface area contributed by atoms with E-state index in [0.717, 1.165) is 27.7 Å². The molecule has 0 spiro atoms. The fourth-order valence-electron chi connectivity index (χ4n) is 3.50. The summed E-state index contributed by atoms with van der Waals surface area (Å²) >= 11 is 0. The number of rotatable bonds is 6. The molecule has 0 aliphatic rings. The van der Waals surface area contributed by atoms with Crippen molar-refractivity contribution >= 4 is 22.7 Å². The lowest BCUT2D eigenvalue weighted by atomic mass is 10.0. The van der Waals surface area contributed by atoms with Crippen molar-refractivity contribution in [3.05, 3.63) is 95.9 Å². The number of carbonyl (C=O) groups excluding carboxylic acids is 2. The molecule has 3 aromatic carbocycles. The SMILES string of the molecule is Cc1nc(CN(C)C(=O)CNC(=O)c2ccc(-c3ccccc3)cc2)nc2ccccc12. The summed E-state index contributed by atoms with van der Waals surface area (Å²) in [5.74, 6) is 0.0673. The summed E-state index contributed by atoms with van der Waals surface area (Å²) in [6.07, 6.45) is 0. The second-order valence-electron chi connectivity index (χ2n) is 7.62. The first-order chi connectivity index (χ1) is 15.5. The zero-order valence-corrected chi connectivity index (χ0v) is 18.1. The number of nitrogens with zero attached hydrogens (tertiary/aromatic N) is 3. The zero-order valence-electron chi connectivity index (χ0n) is 18.1. The van der Waals surface area contributed by atoms with Gasteiger partial charge in [-0.3, -0.25) is 9.59 Å². The first-order valence-electron chi connectivity index (χ1n) is 10.4. The van der Waals surface area contributed by atoms with Crippen LogP contribution >= 0.6 is 0 Å². The van der Waals surface area contributed by atoms with Crippen LogP contribution in [0.4, 0.5) is 0 Å². The third kappa shape index (κ3) is 4.81. The Morgan fingerprint density at radius 2 is 1.50 bits per heavy atom. The first kappa shape index (κ1) is 21.2. The molecule has 0 bridgehead atoms. The lowest BCUT2D eigenvalue weighted by Crippen LogP contribution is -2.38. The van der Waals surface area contributed by atoms with E-state index in [-0.39, 0.29) is 24.9 Å². The van der Waals surface area contributed by atoms with Crippen molar-refractivity contribution < 1.29 is 9.59 Å². The summed E-state index contributed by atoms with van der Waals surface area (Å²) in [6.45, 7) is 2.10. The maximum atomic E-state index is 12.5. The maximum Gasteiger partial charge on any atom is 0.251 e. The van der Waals surface area contributed by atoms with Gasteiger partial charge in [0, 0.05) is 23.7 Å². The van der Waals surface area contributed by atoms with Crippen LogP contribution in [-0.2, 0) is 11.3 Å². The van der Waals surface area contributed by atoms with Crippen LogP contribution in [0.1, 0.15) is 21.9 Å². The molecule has 6 heteroatoms. The van der Waals surface area contributed by atoms with Gasteiger partial charge in [-0.2, -0.15) is 0 Å². The summed E-state index contributed by atoms with van der Waals surface area (Å²) in [4.78, 5) is 35.6. The topological polar surface area (TPSA) is 75.2 Å². The number of aryl methyl sites for hydroxylation is 1. The number of likely N-dealkylation sites (N-methyl/N-ethyl adjacent to an activating group) is 1. The molecule has 6 nitrogen and oxygen atoms in total. The standard InChI is InChI=1S/C26H24N4O2/c1-18-22-10-6-7-11-23(22)29-24(28-18)17-30(2)25(31)16-27-26(32)21-14-12-20(13-15-21)19-8-4-3-5-9-19/h3-15H,16-17H2,1-2H3,(H,27,32). The Labute approximate surface area is 186 Å². The van der Waals surface area contributed by atoms with Gasteiger partial charge in [0.05, 0.1) is 18.6 Å². The van der Waals surface area contributed by atoms with Crippen molar-refractivity contribution in [1.82, 2.24) is 20.2 Å². The minimum Gasteiger partial charge on any atom is -0.343 e. The van der Waals surface area contributed by atoms with Crippen LogP contribution in [-0.4, -0.2) is 40.3 Å². The quantitative estimate of drug-likeness (QED) is 0.508. The predicted octanol–water partition coefficient (Wildman–Crippen LogP) is 3.99. The monoisotopic (exact) mass is 424 g/mol. The number of carbonyl (C=O) groups is 2. The van der Waals surface area contributed by atoms with Gasteiger partial charge in [-0.05, 0) is 36.2 Å². The summed E-state index contributed by atoms with van der Waals surface area (Å²) in [7, 11) is 1.68. The number of nitrogens with one attached hydrogen (secondary N) is 1. The van der Waals surface area contributed by atoms with Crippen molar-refractivity contribution in [2.75, 3.05) is 13.6 Å². The Bertz CT molecular complexity index is 1250. The van der Waals surface area contributed by atoms with E-state index in [4.69, 9.17) is 0 Å². The predicted molar refractivity (Wildman–Crippen MR) is 125 cm³/mol. The lowest BCUT2D eigenvalue weighted by molar-refractivity contribution is -0.129. The highest BCUT2D eigenvalue weighted by atomic mass is 16.2. The smallest absolute Gasteiger partial charge is 0.251 e. The van der Waals surface area contributed by atoms with Gasteiger partial charge in [0.1, 0.15) is 5.82 Å². The second-order valence-corrected chi connectivity index (χ2v) is 7.62. The van der Waals surface area contributed by atoms with Crippen molar-refractivity contribution in [3.63, 3.8) is 0 Å². The molecule has 1 N–H and O–H groups in total. The molecule has 32 heavy (non-hydrogen) atoms. The van der Waals surface area contributed by atoms with E-state index >= 15 is 0 Å². The number of fused-ring (bicyclic) bond motifs is 1. The zero-order chi connectivity index (χ0) is 22.5. The lowest BCUT2D eigenvalue weighted by Gasteiger charge is -2.17. The molecular weight excluding hydrogens is 400 g/mol. The summed E-state index contributed by atoms with van der Waals surface area (Å²) in [5, 5.41) is 3.69. The number of aromatic nitrogens is 2.